The number of hydrogen-bond donors (Lipinski definition) is 1. The average molecular weight is 338 g/mol. The van der Waals surface area contributed by atoms with Crippen LogP contribution in [0.2, 0.25) is 0 Å². The molecular formula is C19H26N6. The standard InChI is InChI=1S/C19H26N6/c1-15-8-12-24(13-9-15)17-6-4-16(5-7-17)21-19-22-18(14-20-23-19)25-10-2-3-11-25/h4-7,14-15H,2-3,8-13H2,1H3,(H,21,22,23). The van der Waals surface area contributed by atoms with Crippen LogP contribution in [0.15, 0.2) is 30.5 Å². The zero-order valence-electron chi connectivity index (χ0n) is 14.9. The first-order chi connectivity index (χ1) is 12.3. The fourth-order valence-electron chi connectivity index (χ4n) is 3.60. The fourth-order valence-corrected chi connectivity index (χ4v) is 3.60. The summed E-state index contributed by atoms with van der Waals surface area (Å²) in [5.41, 5.74) is 2.29. The van der Waals surface area contributed by atoms with Gasteiger partial charge in [0.1, 0.15) is 0 Å². The van der Waals surface area contributed by atoms with Gasteiger partial charge in [-0.05, 0) is 55.9 Å². The lowest BCUT2D eigenvalue weighted by atomic mass is 9.99. The van der Waals surface area contributed by atoms with Crippen LogP contribution in [0.3, 0.4) is 0 Å². The van der Waals surface area contributed by atoms with Crippen molar-refractivity contribution in [3.63, 3.8) is 0 Å². The van der Waals surface area contributed by atoms with Crippen LogP contribution in [0.4, 0.5) is 23.1 Å². The Balaban J connectivity index is 1.42. The lowest BCUT2D eigenvalue weighted by Crippen LogP contribution is -2.32. The second-order valence-corrected chi connectivity index (χ2v) is 7.17. The Kier molecular flexibility index (Phi) is 4.68. The third-order valence-corrected chi connectivity index (χ3v) is 5.25. The number of aromatic nitrogens is 3. The predicted molar refractivity (Wildman–Crippen MR) is 102 cm³/mol. The van der Waals surface area contributed by atoms with Gasteiger partial charge in [0.05, 0.1) is 6.20 Å². The normalized spacial score (nSPS) is 18.6. The molecule has 1 N–H and O–H groups in total. The average Bonchev–Trinajstić information content (AvgIpc) is 3.18. The molecule has 0 unspecified atom stereocenters. The van der Waals surface area contributed by atoms with Gasteiger partial charge >= 0.3 is 0 Å². The molecule has 0 saturated carbocycles. The molecule has 3 heterocycles. The van der Waals surface area contributed by atoms with Crippen LogP contribution in [-0.4, -0.2) is 41.4 Å². The number of rotatable bonds is 4. The van der Waals surface area contributed by atoms with Crippen molar-refractivity contribution in [2.24, 2.45) is 5.92 Å². The Morgan fingerprint density at radius 3 is 2.40 bits per heavy atom. The van der Waals surface area contributed by atoms with E-state index in [0.717, 1.165) is 43.6 Å². The number of benzene rings is 1. The Labute approximate surface area is 149 Å². The van der Waals surface area contributed by atoms with Crippen LogP contribution in [0, 0.1) is 5.92 Å². The van der Waals surface area contributed by atoms with Gasteiger partial charge in [-0.25, -0.2) is 0 Å². The zero-order valence-corrected chi connectivity index (χ0v) is 14.9. The molecule has 0 spiro atoms. The molecule has 25 heavy (non-hydrogen) atoms. The van der Waals surface area contributed by atoms with Crippen LogP contribution in [-0.2, 0) is 0 Å². The van der Waals surface area contributed by atoms with E-state index in [1.807, 2.05) is 0 Å². The number of anilines is 4. The number of hydrogen-bond acceptors (Lipinski definition) is 6. The van der Waals surface area contributed by atoms with Gasteiger partial charge in [-0.3, -0.25) is 0 Å². The van der Waals surface area contributed by atoms with Gasteiger partial charge in [0.25, 0.3) is 0 Å². The van der Waals surface area contributed by atoms with Crippen LogP contribution >= 0.6 is 0 Å². The van der Waals surface area contributed by atoms with Gasteiger partial charge in [0, 0.05) is 37.6 Å². The summed E-state index contributed by atoms with van der Waals surface area (Å²) in [6.07, 6.45) is 6.76. The highest BCUT2D eigenvalue weighted by Crippen LogP contribution is 2.25. The quantitative estimate of drug-likeness (QED) is 0.921. The van der Waals surface area contributed by atoms with E-state index >= 15 is 0 Å². The van der Waals surface area contributed by atoms with Gasteiger partial charge in [0.2, 0.25) is 5.95 Å². The first kappa shape index (κ1) is 16.1. The lowest BCUT2D eigenvalue weighted by molar-refractivity contribution is 0.438. The molecule has 6 nitrogen and oxygen atoms in total. The number of nitrogens with one attached hydrogen (secondary N) is 1. The van der Waals surface area contributed by atoms with Crippen LogP contribution in [0.1, 0.15) is 32.6 Å². The molecular weight excluding hydrogens is 312 g/mol. The number of piperidine rings is 1. The van der Waals surface area contributed by atoms with Crippen molar-refractivity contribution >= 4 is 23.1 Å². The molecule has 2 aliphatic rings. The summed E-state index contributed by atoms with van der Waals surface area (Å²) in [5, 5.41) is 11.5. The highest BCUT2D eigenvalue weighted by molar-refractivity contribution is 5.60. The second kappa shape index (κ2) is 7.25. The molecule has 0 amide bonds. The van der Waals surface area contributed by atoms with E-state index in [4.69, 9.17) is 0 Å². The molecule has 132 valence electrons. The smallest absolute Gasteiger partial charge is 0.249 e. The van der Waals surface area contributed by atoms with Crippen molar-refractivity contribution in [1.82, 2.24) is 15.2 Å². The second-order valence-electron chi connectivity index (χ2n) is 7.17. The fraction of sp³-hybridized carbons (Fsp3) is 0.526. The Bertz CT molecular complexity index is 687. The molecule has 0 aliphatic carbocycles. The summed E-state index contributed by atoms with van der Waals surface area (Å²) in [5.74, 6) is 2.32. The van der Waals surface area contributed by atoms with Gasteiger partial charge in [-0.2, -0.15) is 10.1 Å². The summed E-state index contributed by atoms with van der Waals surface area (Å²) in [6, 6.07) is 8.55. The lowest BCUT2D eigenvalue weighted by Gasteiger charge is -2.32. The Hall–Kier alpha value is -2.37. The van der Waals surface area contributed by atoms with Crippen molar-refractivity contribution in [2.75, 3.05) is 41.3 Å². The minimum atomic E-state index is 0.559. The van der Waals surface area contributed by atoms with E-state index < -0.39 is 0 Å². The summed E-state index contributed by atoms with van der Waals surface area (Å²) in [4.78, 5) is 9.33. The van der Waals surface area contributed by atoms with Crippen molar-refractivity contribution in [3.8, 4) is 0 Å². The minimum absolute atomic E-state index is 0.559. The first-order valence-corrected chi connectivity index (χ1v) is 9.35. The molecule has 0 bridgehead atoms. The molecule has 1 aromatic heterocycles. The highest BCUT2D eigenvalue weighted by atomic mass is 15.3. The van der Waals surface area contributed by atoms with E-state index in [1.165, 1.54) is 31.4 Å². The van der Waals surface area contributed by atoms with E-state index in [-0.39, 0.29) is 0 Å². The van der Waals surface area contributed by atoms with E-state index in [9.17, 15) is 0 Å². The molecule has 4 rings (SSSR count). The molecule has 2 aromatic rings. The van der Waals surface area contributed by atoms with Gasteiger partial charge < -0.3 is 15.1 Å². The monoisotopic (exact) mass is 338 g/mol. The zero-order chi connectivity index (χ0) is 17.1. The third-order valence-electron chi connectivity index (χ3n) is 5.25. The molecule has 1 aromatic carbocycles. The van der Waals surface area contributed by atoms with Crippen LogP contribution in [0.5, 0.6) is 0 Å². The topological polar surface area (TPSA) is 57.2 Å². The summed E-state index contributed by atoms with van der Waals surface area (Å²) < 4.78 is 0. The van der Waals surface area contributed by atoms with Crippen molar-refractivity contribution in [3.05, 3.63) is 30.5 Å². The Morgan fingerprint density at radius 1 is 0.960 bits per heavy atom. The van der Waals surface area contributed by atoms with E-state index in [0.29, 0.717) is 5.95 Å². The van der Waals surface area contributed by atoms with Crippen molar-refractivity contribution in [1.29, 1.82) is 0 Å². The summed E-state index contributed by atoms with van der Waals surface area (Å²) in [7, 11) is 0. The van der Waals surface area contributed by atoms with E-state index in [1.54, 1.807) is 6.20 Å². The molecule has 6 heteroatoms. The predicted octanol–water partition coefficient (Wildman–Crippen LogP) is 3.45. The van der Waals surface area contributed by atoms with Gasteiger partial charge in [-0.15, -0.1) is 5.10 Å². The molecule has 2 aliphatic heterocycles. The highest BCUT2D eigenvalue weighted by Gasteiger charge is 2.16. The first-order valence-electron chi connectivity index (χ1n) is 9.35. The van der Waals surface area contributed by atoms with Crippen LogP contribution in [0.25, 0.3) is 0 Å². The molecule has 0 atom stereocenters. The van der Waals surface area contributed by atoms with E-state index in [2.05, 4.69) is 61.5 Å². The van der Waals surface area contributed by atoms with Gasteiger partial charge in [0.15, 0.2) is 5.82 Å². The van der Waals surface area contributed by atoms with Gasteiger partial charge in [-0.1, -0.05) is 6.92 Å². The molecule has 2 saturated heterocycles. The molecule has 2 fully saturated rings. The minimum Gasteiger partial charge on any atom is -0.372 e. The Morgan fingerprint density at radius 2 is 1.68 bits per heavy atom. The maximum Gasteiger partial charge on any atom is 0.249 e. The van der Waals surface area contributed by atoms with Crippen molar-refractivity contribution < 1.29 is 0 Å². The largest absolute Gasteiger partial charge is 0.372 e. The SMILES string of the molecule is CC1CCN(c2ccc(Nc3nncc(N4CCCC4)n3)cc2)CC1. The van der Waals surface area contributed by atoms with Crippen molar-refractivity contribution in [2.45, 2.75) is 32.6 Å². The molecule has 0 radical (unpaired) electrons. The van der Waals surface area contributed by atoms with Crippen LogP contribution < -0.4 is 15.1 Å². The maximum atomic E-state index is 4.60. The summed E-state index contributed by atoms with van der Waals surface area (Å²) in [6.45, 7) is 6.76. The summed E-state index contributed by atoms with van der Waals surface area (Å²) >= 11 is 0. The number of nitrogens with zero attached hydrogens (tertiary/aromatic N) is 5. The maximum absolute atomic E-state index is 4.60. The third kappa shape index (κ3) is 3.83.